The number of ether oxygens (including phenoxy) is 1. The first-order valence-corrected chi connectivity index (χ1v) is 11.2. The third kappa shape index (κ3) is 11.9. The molecular formula is C25H34N2O6-2. The summed E-state index contributed by atoms with van der Waals surface area (Å²) < 4.78 is 5.29. The second kappa shape index (κ2) is 15.6. The van der Waals surface area contributed by atoms with Crippen LogP contribution in [0.25, 0.3) is 0 Å². The van der Waals surface area contributed by atoms with Crippen LogP contribution in [0.3, 0.4) is 0 Å². The molecule has 0 radical (unpaired) electrons. The SMILES string of the molecule is CCCO/C=C/C(=O)N1[C@H](C)CN(CCCc2ccccc2)C[C@@H]1C.O=C([O-])/C=C/C(=O)[O-]. The third-order valence-electron chi connectivity index (χ3n) is 5.02. The van der Waals surface area contributed by atoms with Crippen LogP contribution in [0.1, 0.15) is 39.2 Å². The van der Waals surface area contributed by atoms with E-state index in [1.54, 1.807) is 6.08 Å². The van der Waals surface area contributed by atoms with Crippen LogP contribution < -0.4 is 10.2 Å². The van der Waals surface area contributed by atoms with E-state index in [-0.39, 0.29) is 18.0 Å². The monoisotopic (exact) mass is 458 g/mol. The van der Waals surface area contributed by atoms with E-state index in [0.717, 1.165) is 38.9 Å². The number of nitrogens with zero attached hydrogens (tertiary/aromatic N) is 2. The molecule has 0 aromatic heterocycles. The molecule has 0 bridgehead atoms. The first kappa shape index (κ1) is 27.9. The Kier molecular flexibility index (Phi) is 13.2. The van der Waals surface area contributed by atoms with E-state index in [4.69, 9.17) is 4.74 Å². The fraction of sp³-hybridized carbons (Fsp3) is 0.480. The van der Waals surface area contributed by atoms with Crippen LogP contribution in [0.15, 0.2) is 54.8 Å². The Bertz CT molecular complexity index is 765. The fourth-order valence-electron chi connectivity index (χ4n) is 3.72. The summed E-state index contributed by atoms with van der Waals surface area (Å²) in [5.41, 5.74) is 1.40. The Morgan fingerprint density at radius 3 is 2.09 bits per heavy atom. The van der Waals surface area contributed by atoms with Crippen molar-refractivity contribution in [1.82, 2.24) is 9.80 Å². The number of hydrogen-bond donors (Lipinski definition) is 0. The molecule has 1 fully saturated rings. The summed E-state index contributed by atoms with van der Waals surface area (Å²) >= 11 is 0. The molecular weight excluding hydrogens is 424 g/mol. The summed E-state index contributed by atoms with van der Waals surface area (Å²) in [5.74, 6) is -3.04. The maximum Gasteiger partial charge on any atom is 0.250 e. The van der Waals surface area contributed by atoms with Crippen molar-refractivity contribution in [2.75, 3.05) is 26.2 Å². The highest BCUT2D eigenvalue weighted by Gasteiger charge is 2.31. The Labute approximate surface area is 196 Å². The molecule has 182 valence electrons. The molecule has 2 rings (SSSR count). The van der Waals surface area contributed by atoms with Crippen molar-refractivity contribution in [3.63, 3.8) is 0 Å². The van der Waals surface area contributed by atoms with Crippen LogP contribution >= 0.6 is 0 Å². The number of carbonyl (C=O) groups excluding carboxylic acids is 3. The van der Waals surface area contributed by atoms with Crippen LogP contribution in [-0.2, 0) is 25.5 Å². The largest absolute Gasteiger partial charge is 0.545 e. The van der Waals surface area contributed by atoms with Gasteiger partial charge in [-0.3, -0.25) is 9.69 Å². The van der Waals surface area contributed by atoms with Crippen molar-refractivity contribution in [2.24, 2.45) is 0 Å². The first-order valence-electron chi connectivity index (χ1n) is 11.2. The molecule has 1 aliphatic rings. The van der Waals surface area contributed by atoms with Crippen molar-refractivity contribution in [3.05, 3.63) is 60.4 Å². The number of benzene rings is 1. The molecule has 33 heavy (non-hydrogen) atoms. The summed E-state index contributed by atoms with van der Waals surface area (Å²) in [5, 5.41) is 18.8. The zero-order valence-electron chi connectivity index (χ0n) is 19.6. The van der Waals surface area contributed by atoms with Crippen molar-refractivity contribution in [1.29, 1.82) is 0 Å². The highest BCUT2D eigenvalue weighted by Crippen LogP contribution is 2.17. The topological polar surface area (TPSA) is 113 Å². The van der Waals surface area contributed by atoms with Gasteiger partial charge in [0.1, 0.15) is 0 Å². The van der Waals surface area contributed by atoms with E-state index in [2.05, 4.69) is 56.0 Å². The highest BCUT2D eigenvalue weighted by atomic mass is 16.5. The number of aliphatic carboxylic acids is 2. The predicted molar refractivity (Wildman–Crippen MR) is 122 cm³/mol. The lowest BCUT2D eigenvalue weighted by Gasteiger charge is -2.44. The average molecular weight is 459 g/mol. The highest BCUT2D eigenvalue weighted by molar-refractivity contribution is 5.88. The summed E-state index contributed by atoms with van der Waals surface area (Å²) in [6.45, 7) is 9.95. The standard InChI is InChI=1S/C21H32N2O2.C4H4O4/c1-4-14-25-15-12-21(24)23-18(2)16-22(17-19(23)3)13-8-11-20-9-6-5-7-10-20;5-3(6)1-2-4(7)8/h5-7,9-10,12,15,18-19H,4,8,11,13-14,16-17H2,1-3H3;1-2H,(H,5,6)(H,7,8)/p-2/b15-12+;2-1+/t18-,19+;. The van der Waals surface area contributed by atoms with Gasteiger partial charge >= 0.3 is 0 Å². The first-order chi connectivity index (χ1) is 15.7. The minimum atomic E-state index is -1.55. The molecule has 0 unspecified atom stereocenters. The van der Waals surface area contributed by atoms with Crippen LogP contribution in [-0.4, -0.2) is 66.0 Å². The van der Waals surface area contributed by atoms with Gasteiger partial charge in [-0.1, -0.05) is 37.3 Å². The van der Waals surface area contributed by atoms with E-state index in [9.17, 15) is 24.6 Å². The summed E-state index contributed by atoms with van der Waals surface area (Å²) in [6, 6.07) is 11.1. The van der Waals surface area contributed by atoms with Gasteiger partial charge in [-0.05, 0) is 57.4 Å². The van der Waals surface area contributed by atoms with E-state index in [1.807, 2.05) is 4.90 Å². The minimum absolute atomic E-state index is 0.0556. The number of piperazine rings is 1. The zero-order chi connectivity index (χ0) is 24.6. The predicted octanol–water partition coefficient (Wildman–Crippen LogP) is 0.523. The normalized spacial score (nSPS) is 18.7. The van der Waals surface area contributed by atoms with Gasteiger partial charge in [0.25, 0.3) is 0 Å². The molecule has 1 amide bonds. The fourth-order valence-corrected chi connectivity index (χ4v) is 3.72. The quantitative estimate of drug-likeness (QED) is 0.285. The lowest BCUT2D eigenvalue weighted by atomic mass is 10.1. The van der Waals surface area contributed by atoms with Crippen LogP contribution in [0.5, 0.6) is 0 Å². The van der Waals surface area contributed by atoms with E-state index in [1.165, 1.54) is 11.8 Å². The van der Waals surface area contributed by atoms with Crippen LogP contribution in [0.4, 0.5) is 0 Å². The molecule has 8 nitrogen and oxygen atoms in total. The van der Waals surface area contributed by atoms with Gasteiger partial charge in [0, 0.05) is 31.2 Å². The second-order valence-electron chi connectivity index (χ2n) is 7.94. The second-order valence-corrected chi connectivity index (χ2v) is 7.94. The lowest BCUT2D eigenvalue weighted by Crippen LogP contribution is -2.58. The molecule has 1 heterocycles. The Morgan fingerprint density at radius 2 is 1.58 bits per heavy atom. The van der Waals surface area contributed by atoms with Gasteiger partial charge in [0.2, 0.25) is 5.91 Å². The molecule has 0 spiro atoms. The summed E-state index contributed by atoms with van der Waals surface area (Å²) in [4.78, 5) is 35.7. The maximum absolute atomic E-state index is 12.4. The number of amides is 1. The van der Waals surface area contributed by atoms with Crippen LogP contribution in [0.2, 0.25) is 0 Å². The maximum atomic E-state index is 12.4. The van der Waals surface area contributed by atoms with Crippen molar-refractivity contribution in [2.45, 2.75) is 52.1 Å². The van der Waals surface area contributed by atoms with Gasteiger partial charge in [-0.2, -0.15) is 0 Å². The number of carboxylic acid groups (broad SMARTS) is 2. The van der Waals surface area contributed by atoms with Gasteiger partial charge < -0.3 is 29.4 Å². The number of hydrogen-bond acceptors (Lipinski definition) is 7. The van der Waals surface area contributed by atoms with Crippen molar-refractivity contribution >= 4 is 17.8 Å². The minimum Gasteiger partial charge on any atom is -0.545 e. The average Bonchev–Trinajstić information content (AvgIpc) is 2.76. The van der Waals surface area contributed by atoms with E-state index >= 15 is 0 Å². The molecule has 0 N–H and O–H groups in total. The number of aryl methyl sites for hydroxylation is 1. The number of carboxylic acids is 2. The molecule has 2 atom stereocenters. The molecule has 1 saturated heterocycles. The van der Waals surface area contributed by atoms with Crippen molar-refractivity contribution in [3.8, 4) is 0 Å². The van der Waals surface area contributed by atoms with E-state index < -0.39 is 11.9 Å². The van der Waals surface area contributed by atoms with Crippen LogP contribution in [0, 0.1) is 0 Å². The third-order valence-corrected chi connectivity index (χ3v) is 5.02. The van der Waals surface area contributed by atoms with Gasteiger partial charge in [0.05, 0.1) is 24.8 Å². The lowest BCUT2D eigenvalue weighted by molar-refractivity contribution is -0.301. The number of rotatable bonds is 10. The summed E-state index contributed by atoms with van der Waals surface area (Å²) in [7, 11) is 0. The van der Waals surface area contributed by atoms with E-state index in [0.29, 0.717) is 18.8 Å². The molecule has 1 aliphatic heterocycles. The molecule has 8 heteroatoms. The molecule has 1 aromatic rings. The molecule has 0 aliphatic carbocycles. The van der Waals surface area contributed by atoms with Gasteiger partial charge in [-0.25, -0.2) is 0 Å². The Morgan fingerprint density at radius 1 is 1.00 bits per heavy atom. The zero-order valence-corrected chi connectivity index (χ0v) is 19.6. The molecule has 0 saturated carbocycles. The van der Waals surface area contributed by atoms with Gasteiger partial charge in [0.15, 0.2) is 0 Å². The Hall–Kier alpha value is -3.13. The van der Waals surface area contributed by atoms with Gasteiger partial charge in [-0.15, -0.1) is 0 Å². The molecule has 1 aromatic carbocycles. The van der Waals surface area contributed by atoms with Crippen molar-refractivity contribution < 1.29 is 29.3 Å². The summed E-state index contributed by atoms with van der Waals surface area (Å²) in [6.07, 6.45) is 7.09. The Balaban J connectivity index is 0.000000582. The smallest absolute Gasteiger partial charge is 0.250 e. The number of carbonyl (C=O) groups is 3.